The Labute approximate surface area is 67.4 Å². The van der Waals surface area contributed by atoms with E-state index in [2.05, 4.69) is 12.2 Å². The fraction of sp³-hybridized carbons (Fsp3) is 0.333. The normalized spacial score (nSPS) is 9.55. The summed E-state index contributed by atoms with van der Waals surface area (Å²) in [5.74, 6) is 0. The SMILES string of the molecule is CCCNc1ccc(N)cc1. The number of hydrogen-bond acceptors (Lipinski definition) is 2. The highest BCUT2D eigenvalue weighted by molar-refractivity contribution is 5.50. The molecule has 0 amide bonds. The van der Waals surface area contributed by atoms with Crippen LogP contribution in [0.3, 0.4) is 0 Å². The van der Waals surface area contributed by atoms with Crippen molar-refractivity contribution in [3.63, 3.8) is 0 Å². The van der Waals surface area contributed by atoms with Crippen LogP contribution in [0.15, 0.2) is 24.3 Å². The van der Waals surface area contributed by atoms with Crippen molar-refractivity contribution in [2.24, 2.45) is 0 Å². The van der Waals surface area contributed by atoms with Gasteiger partial charge in [0.15, 0.2) is 0 Å². The Balaban J connectivity index is 2.52. The second kappa shape index (κ2) is 3.86. The van der Waals surface area contributed by atoms with E-state index in [9.17, 15) is 0 Å². The second-order valence-electron chi connectivity index (χ2n) is 2.55. The maximum atomic E-state index is 5.53. The second-order valence-corrected chi connectivity index (χ2v) is 2.55. The molecule has 0 aliphatic heterocycles. The first-order chi connectivity index (χ1) is 5.33. The number of nitrogen functional groups attached to an aromatic ring is 1. The highest BCUT2D eigenvalue weighted by atomic mass is 14.9. The van der Waals surface area contributed by atoms with Crippen LogP contribution in [0.2, 0.25) is 0 Å². The monoisotopic (exact) mass is 150 g/mol. The first kappa shape index (κ1) is 7.92. The van der Waals surface area contributed by atoms with Gasteiger partial charge in [-0.05, 0) is 30.7 Å². The number of hydrogen-bond donors (Lipinski definition) is 2. The average Bonchev–Trinajstić information content (AvgIpc) is 2.04. The molecule has 0 spiro atoms. The number of rotatable bonds is 3. The van der Waals surface area contributed by atoms with E-state index in [4.69, 9.17) is 5.73 Å². The topological polar surface area (TPSA) is 38.0 Å². The zero-order valence-corrected chi connectivity index (χ0v) is 6.80. The Morgan fingerprint density at radius 2 is 1.91 bits per heavy atom. The van der Waals surface area contributed by atoms with Crippen molar-refractivity contribution < 1.29 is 0 Å². The first-order valence-corrected chi connectivity index (χ1v) is 3.92. The fourth-order valence-corrected chi connectivity index (χ4v) is 0.870. The Morgan fingerprint density at radius 1 is 1.27 bits per heavy atom. The highest BCUT2D eigenvalue weighted by Crippen LogP contribution is 2.09. The van der Waals surface area contributed by atoms with E-state index in [-0.39, 0.29) is 0 Å². The van der Waals surface area contributed by atoms with Crippen molar-refractivity contribution >= 4 is 11.4 Å². The molecule has 11 heavy (non-hydrogen) atoms. The van der Waals surface area contributed by atoms with Gasteiger partial charge in [-0.15, -0.1) is 0 Å². The van der Waals surface area contributed by atoms with Crippen molar-refractivity contribution in [2.75, 3.05) is 17.6 Å². The summed E-state index contributed by atoms with van der Waals surface area (Å²) in [6.07, 6.45) is 1.14. The van der Waals surface area contributed by atoms with Gasteiger partial charge in [0.1, 0.15) is 0 Å². The maximum Gasteiger partial charge on any atom is 0.0341 e. The summed E-state index contributed by atoms with van der Waals surface area (Å²) < 4.78 is 0. The standard InChI is InChI=1S/C9H14N2/c1-2-7-11-9-5-3-8(10)4-6-9/h3-6,11H,2,7,10H2,1H3. The van der Waals surface area contributed by atoms with Crippen molar-refractivity contribution in [1.29, 1.82) is 0 Å². The molecule has 0 saturated heterocycles. The zero-order valence-electron chi connectivity index (χ0n) is 6.80. The maximum absolute atomic E-state index is 5.53. The van der Waals surface area contributed by atoms with Crippen molar-refractivity contribution in [1.82, 2.24) is 0 Å². The summed E-state index contributed by atoms with van der Waals surface area (Å²) in [7, 11) is 0. The molecule has 0 atom stereocenters. The summed E-state index contributed by atoms with van der Waals surface area (Å²) in [4.78, 5) is 0. The van der Waals surface area contributed by atoms with Crippen LogP contribution in [-0.4, -0.2) is 6.54 Å². The molecule has 1 aromatic rings. The van der Waals surface area contributed by atoms with Crippen LogP contribution in [-0.2, 0) is 0 Å². The van der Waals surface area contributed by atoms with Gasteiger partial charge >= 0.3 is 0 Å². The molecule has 0 aromatic heterocycles. The molecule has 0 fully saturated rings. The number of nitrogens with one attached hydrogen (secondary N) is 1. The minimum atomic E-state index is 0.812. The predicted octanol–water partition coefficient (Wildman–Crippen LogP) is 2.09. The van der Waals surface area contributed by atoms with E-state index in [1.54, 1.807) is 0 Å². The number of nitrogens with two attached hydrogens (primary N) is 1. The first-order valence-electron chi connectivity index (χ1n) is 3.92. The minimum absolute atomic E-state index is 0.812. The van der Waals surface area contributed by atoms with Gasteiger partial charge in [-0.2, -0.15) is 0 Å². The fourth-order valence-electron chi connectivity index (χ4n) is 0.870. The van der Waals surface area contributed by atoms with Crippen molar-refractivity contribution in [3.05, 3.63) is 24.3 Å². The summed E-state index contributed by atoms with van der Waals surface area (Å²) in [5, 5.41) is 3.27. The third-order valence-electron chi connectivity index (χ3n) is 1.49. The van der Waals surface area contributed by atoms with Crippen LogP contribution in [0.1, 0.15) is 13.3 Å². The molecule has 2 nitrogen and oxygen atoms in total. The summed E-state index contributed by atoms with van der Waals surface area (Å²) >= 11 is 0. The lowest BCUT2D eigenvalue weighted by atomic mass is 10.3. The molecule has 1 aromatic carbocycles. The van der Waals surface area contributed by atoms with Crippen LogP contribution in [0.5, 0.6) is 0 Å². The summed E-state index contributed by atoms with van der Waals surface area (Å²) in [6.45, 7) is 3.16. The van der Waals surface area contributed by atoms with Gasteiger partial charge < -0.3 is 11.1 Å². The molecule has 0 aliphatic carbocycles. The van der Waals surface area contributed by atoms with Gasteiger partial charge in [-0.25, -0.2) is 0 Å². The Kier molecular flexibility index (Phi) is 2.78. The molecule has 2 heteroatoms. The Hall–Kier alpha value is -1.18. The van der Waals surface area contributed by atoms with Gasteiger partial charge in [-0.3, -0.25) is 0 Å². The quantitative estimate of drug-likeness (QED) is 0.647. The molecule has 60 valence electrons. The third kappa shape index (κ3) is 2.50. The smallest absolute Gasteiger partial charge is 0.0341 e. The van der Waals surface area contributed by atoms with Gasteiger partial charge in [0.2, 0.25) is 0 Å². The molecule has 0 radical (unpaired) electrons. The largest absolute Gasteiger partial charge is 0.399 e. The molecule has 3 N–H and O–H groups in total. The van der Waals surface area contributed by atoms with Gasteiger partial charge in [0.25, 0.3) is 0 Å². The lowest BCUT2D eigenvalue weighted by Gasteiger charge is -2.03. The van der Waals surface area contributed by atoms with Crippen LogP contribution in [0, 0.1) is 0 Å². The average molecular weight is 150 g/mol. The Morgan fingerprint density at radius 3 is 2.45 bits per heavy atom. The molecular formula is C9H14N2. The van der Waals surface area contributed by atoms with E-state index in [1.807, 2.05) is 24.3 Å². The van der Waals surface area contributed by atoms with Crippen molar-refractivity contribution in [3.8, 4) is 0 Å². The zero-order chi connectivity index (χ0) is 8.10. The third-order valence-corrected chi connectivity index (χ3v) is 1.49. The Bertz CT molecular complexity index is 203. The predicted molar refractivity (Wildman–Crippen MR) is 49.6 cm³/mol. The van der Waals surface area contributed by atoms with E-state index < -0.39 is 0 Å². The van der Waals surface area contributed by atoms with E-state index in [0.29, 0.717) is 0 Å². The number of anilines is 2. The van der Waals surface area contributed by atoms with Crippen molar-refractivity contribution in [2.45, 2.75) is 13.3 Å². The summed E-state index contributed by atoms with van der Waals surface area (Å²) in [5.41, 5.74) is 7.48. The van der Waals surface area contributed by atoms with Crippen LogP contribution >= 0.6 is 0 Å². The molecule has 1 rings (SSSR count). The number of benzene rings is 1. The van der Waals surface area contributed by atoms with Gasteiger partial charge in [0.05, 0.1) is 0 Å². The van der Waals surface area contributed by atoms with Crippen LogP contribution in [0.25, 0.3) is 0 Å². The lowest BCUT2D eigenvalue weighted by Crippen LogP contribution is -1.99. The minimum Gasteiger partial charge on any atom is -0.399 e. The molecule has 0 aliphatic rings. The lowest BCUT2D eigenvalue weighted by molar-refractivity contribution is 0.980. The summed E-state index contributed by atoms with van der Waals surface area (Å²) in [6, 6.07) is 7.78. The highest BCUT2D eigenvalue weighted by Gasteiger charge is 1.88. The van der Waals surface area contributed by atoms with Crippen LogP contribution < -0.4 is 11.1 Å². The molecule has 0 unspecified atom stereocenters. The molecule has 0 bridgehead atoms. The van der Waals surface area contributed by atoms with E-state index >= 15 is 0 Å². The van der Waals surface area contributed by atoms with E-state index in [1.165, 1.54) is 0 Å². The van der Waals surface area contributed by atoms with E-state index in [0.717, 1.165) is 24.3 Å². The van der Waals surface area contributed by atoms with Gasteiger partial charge in [0, 0.05) is 17.9 Å². The molecule has 0 heterocycles. The van der Waals surface area contributed by atoms with Gasteiger partial charge in [-0.1, -0.05) is 6.92 Å². The molecule has 0 saturated carbocycles. The van der Waals surface area contributed by atoms with Crippen LogP contribution in [0.4, 0.5) is 11.4 Å². The molecular weight excluding hydrogens is 136 g/mol.